The normalized spacial score (nSPS) is 12.6. The highest BCUT2D eigenvalue weighted by Gasteiger charge is 2.14. The summed E-state index contributed by atoms with van der Waals surface area (Å²) in [5.41, 5.74) is 0.140. The van der Waals surface area contributed by atoms with Crippen LogP contribution in [0.2, 0.25) is 0 Å². The van der Waals surface area contributed by atoms with Crippen LogP contribution in [0.25, 0.3) is 0 Å². The average molecular weight is 299 g/mol. The lowest BCUT2D eigenvalue weighted by atomic mass is 10.1. The Bertz CT molecular complexity index is 554. The molecule has 0 bridgehead atoms. The zero-order valence-electron chi connectivity index (χ0n) is 11.1. The van der Waals surface area contributed by atoms with E-state index in [1.165, 1.54) is 0 Å². The first kappa shape index (κ1) is 15.1. The second-order valence-corrected chi connectivity index (χ2v) is 5.57. The molecule has 0 fully saturated rings. The van der Waals surface area contributed by atoms with E-state index in [0.29, 0.717) is 6.07 Å². The van der Waals surface area contributed by atoms with Crippen LogP contribution >= 0.6 is 11.3 Å². The van der Waals surface area contributed by atoms with Gasteiger partial charge in [-0.15, -0.1) is 11.3 Å². The highest BCUT2D eigenvalue weighted by Crippen LogP contribution is 2.24. The van der Waals surface area contributed by atoms with Gasteiger partial charge in [0.25, 0.3) is 0 Å². The zero-order valence-corrected chi connectivity index (χ0v) is 11.9. The minimum atomic E-state index is -1.16. The third kappa shape index (κ3) is 3.61. The fourth-order valence-corrected chi connectivity index (χ4v) is 2.89. The van der Waals surface area contributed by atoms with Crippen molar-refractivity contribution in [1.29, 1.82) is 0 Å². The van der Waals surface area contributed by atoms with Crippen molar-refractivity contribution >= 4 is 11.3 Å². The summed E-state index contributed by atoms with van der Waals surface area (Å²) in [6.07, 6.45) is 1.89. The Morgan fingerprint density at radius 1 is 1.15 bits per heavy atom. The molecule has 0 spiro atoms. The Morgan fingerprint density at radius 3 is 2.55 bits per heavy atom. The van der Waals surface area contributed by atoms with Gasteiger partial charge in [-0.2, -0.15) is 0 Å². The van der Waals surface area contributed by atoms with E-state index in [1.807, 2.05) is 17.5 Å². The van der Waals surface area contributed by atoms with Crippen LogP contribution < -0.4 is 5.32 Å². The van der Waals surface area contributed by atoms with E-state index in [9.17, 15) is 13.2 Å². The Hall–Kier alpha value is -1.33. The maximum atomic E-state index is 13.6. The molecule has 1 atom stereocenters. The standard InChI is InChI=1S/C15H16F3NS/c1-2-4-14(15-5-3-6-20-15)19-9-10-7-12(17)13(18)8-11(10)16/h3,5-8,14,19H,2,4,9H2,1H3. The van der Waals surface area contributed by atoms with E-state index in [1.54, 1.807) is 11.3 Å². The number of halogens is 3. The van der Waals surface area contributed by atoms with Crippen molar-refractivity contribution in [1.82, 2.24) is 5.32 Å². The molecular formula is C15H16F3NS. The maximum Gasteiger partial charge on any atom is 0.161 e. The molecule has 1 nitrogen and oxygen atoms in total. The molecule has 0 aliphatic carbocycles. The van der Waals surface area contributed by atoms with Gasteiger partial charge in [-0.3, -0.25) is 0 Å². The van der Waals surface area contributed by atoms with Crippen LogP contribution in [0.4, 0.5) is 13.2 Å². The summed E-state index contributed by atoms with van der Waals surface area (Å²) in [5.74, 6) is -2.90. The minimum absolute atomic E-state index is 0.104. The lowest BCUT2D eigenvalue weighted by molar-refractivity contribution is 0.469. The predicted octanol–water partition coefficient (Wildman–Crippen LogP) is 4.80. The molecule has 1 aromatic carbocycles. The van der Waals surface area contributed by atoms with Gasteiger partial charge in [-0.1, -0.05) is 19.4 Å². The summed E-state index contributed by atoms with van der Waals surface area (Å²) in [4.78, 5) is 1.16. The Labute approximate surface area is 120 Å². The molecule has 1 heterocycles. The van der Waals surface area contributed by atoms with Gasteiger partial charge in [0, 0.05) is 29.1 Å². The highest BCUT2D eigenvalue weighted by atomic mass is 32.1. The second kappa shape index (κ2) is 6.90. The molecule has 2 rings (SSSR count). The van der Waals surface area contributed by atoms with Gasteiger partial charge in [-0.05, 0) is 23.9 Å². The van der Waals surface area contributed by atoms with Gasteiger partial charge in [0.05, 0.1) is 0 Å². The molecule has 0 saturated carbocycles. The quantitative estimate of drug-likeness (QED) is 0.756. The third-order valence-corrected chi connectivity index (χ3v) is 4.08. The van der Waals surface area contributed by atoms with Crippen molar-refractivity contribution in [3.63, 3.8) is 0 Å². The summed E-state index contributed by atoms with van der Waals surface area (Å²) >= 11 is 1.63. The molecule has 0 aliphatic rings. The summed E-state index contributed by atoms with van der Waals surface area (Å²) in [7, 11) is 0. The lowest BCUT2D eigenvalue weighted by Crippen LogP contribution is -2.20. The first-order valence-corrected chi connectivity index (χ1v) is 7.40. The Morgan fingerprint density at radius 2 is 1.90 bits per heavy atom. The minimum Gasteiger partial charge on any atom is -0.305 e. The molecule has 5 heteroatoms. The van der Waals surface area contributed by atoms with E-state index < -0.39 is 17.5 Å². The van der Waals surface area contributed by atoms with Gasteiger partial charge < -0.3 is 5.32 Å². The van der Waals surface area contributed by atoms with Crippen LogP contribution in [-0.2, 0) is 6.54 Å². The molecule has 0 saturated heterocycles. The lowest BCUT2D eigenvalue weighted by Gasteiger charge is -2.17. The van der Waals surface area contributed by atoms with Crippen molar-refractivity contribution in [3.05, 3.63) is 57.5 Å². The van der Waals surface area contributed by atoms with E-state index in [-0.39, 0.29) is 18.2 Å². The largest absolute Gasteiger partial charge is 0.305 e. The van der Waals surface area contributed by atoms with Crippen LogP contribution in [-0.4, -0.2) is 0 Å². The van der Waals surface area contributed by atoms with Crippen molar-refractivity contribution in [2.24, 2.45) is 0 Å². The summed E-state index contributed by atoms with van der Waals surface area (Å²) in [6.45, 7) is 2.24. The van der Waals surface area contributed by atoms with Crippen LogP contribution in [0.3, 0.4) is 0 Å². The van der Waals surface area contributed by atoms with Crippen molar-refractivity contribution in [2.75, 3.05) is 0 Å². The molecule has 108 valence electrons. The molecule has 0 amide bonds. The van der Waals surface area contributed by atoms with Gasteiger partial charge in [0.2, 0.25) is 0 Å². The number of rotatable bonds is 6. The second-order valence-electron chi connectivity index (χ2n) is 4.60. The fourth-order valence-electron chi connectivity index (χ4n) is 2.06. The molecule has 20 heavy (non-hydrogen) atoms. The number of benzene rings is 1. The predicted molar refractivity (Wildman–Crippen MR) is 75.1 cm³/mol. The van der Waals surface area contributed by atoms with E-state index in [4.69, 9.17) is 0 Å². The van der Waals surface area contributed by atoms with Gasteiger partial charge >= 0.3 is 0 Å². The molecular weight excluding hydrogens is 283 g/mol. The molecule has 0 radical (unpaired) electrons. The van der Waals surface area contributed by atoms with Crippen LogP contribution in [0.1, 0.15) is 36.2 Å². The van der Waals surface area contributed by atoms with Gasteiger partial charge in [0.1, 0.15) is 5.82 Å². The molecule has 1 aromatic heterocycles. The highest BCUT2D eigenvalue weighted by molar-refractivity contribution is 7.10. The van der Waals surface area contributed by atoms with Crippen LogP contribution in [0, 0.1) is 17.5 Å². The average Bonchev–Trinajstić information content (AvgIpc) is 2.93. The smallest absolute Gasteiger partial charge is 0.161 e. The fraction of sp³-hybridized carbons (Fsp3) is 0.333. The summed E-state index contributed by atoms with van der Waals surface area (Å²) in [6, 6.07) is 5.58. The SMILES string of the molecule is CCCC(NCc1cc(F)c(F)cc1F)c1cccs1. The van der Waals surface area contributed by atoms with E-state index in [2.05, 4.69) is 12.2 Å². The summed E-state index contributed by atoms with van der Waals surface area (Å²) < 4.78 is 39.6. The van der Waals surface area contributed by atoms with Crippen molar-refractivity contribution in [3.8, 4) is 0 Å². The molecule has 2 aromatic rings. The maximum absolute atomic E-state index is 13.6. The number of nitrogens with one attached hydrogen (secondary N) is 1. The van der Waals surface area contributed by atoms with Crippen molar-refractivity contribution in [2.45, 2.75) is 32.4 Å². The van der Waals surface area contributed by atoms with E-state index >= 15 is 0 Å². The van der Waals surface area contributed by atoms with E-state index in [0.717, 1.165) is 23.8 Å². The first-order chi connectivity index (χ1) is 9.61. The van der Waals surface area contributed by atoms with Gasteiger partial charge in [0.15, 0.2) is 11.6 Å². The third-order valence-electron chi connectivity index (χ3n) is 3.09. The van der Waals surface area contributed by atoms with Crippen molar-refractivity contribution < 1.29 is 13.2 Å². The molecule has 1 unspecified atom stereocenters. The number of hydrogen-bond donors (Lipinski definition) is 1. The Kier molecular flexibility index (Phi) is 5.20. The first-order valence-electron chi connectivity index (χ1n) is 6.52. The van der Waals surface area contributed by atoms with Gasteiger partial charge in [-0.25, -0.2) is 13.2 Å². The monoisotopic (exact) mass is 299 g/mol. The topological polar surface area (TPSA) is 12.0 Å². The Balaban J connectivity index is 2.08. The number of thiophene rings is 1. The summed E-state index contributed by atoms with van der Waals surface area (Å²) in [5, 5.41) is 5.19. The zero-order chi connectivity index (χ0) is 14.5. The molecule has 0 aliphatic heterocycles. The molecule has 1 N–H and O–H groups in total. The van der Waals surface area contributed by atoms with Crippen LogP contribution in [0.15, 0.2) is 29.6 Å². The van der Waals surface area contributed by atoms with Crippen LogP contribution in [0.5, 0.6) is 0 Å². The number of hydrogen-bond acceptors (Lipinski definition) is 2.